The number of rotatable bonds is 6. The Morgan fingerprint density at radius 1 is 1.06 bits per heavy atom. The lowest BCUT2D eigenvalue weighted by Crippen LogP contribution is -2.47. The Labute approximate surface area is 204 Å². The van der Waals surface area contributed by atoms with Gasteiger partial charge in [0.15, 0.2) is 5.82 Å². The summed E-state index contributed by atoms with van der Waals surface area (Å²) < 4.78 is 7.08. The van der Waals surface area contributed by atoms with Crippen molar-refractivity contribution in [2.45, 2.75) is 26.4 Å². The fraction of sp³-hybridized carbons (Fsp3) is 0.385. The van der Waals surface area contributed by atoms with E-state index < -0.39 is 0 Å². The van der Waals surface area contributed by atoms with E-state index in [1.165, 1.54) is 0 Å². The van der Waals surface area contributed by atoms with Crippen molar-refractivity contribution in [2.24, 2.45) is 0 Å². The summed E-state index contributed by atoms with van der Waals surface area (Å²) in [6, 6.07) is 13.7. The molecule has 5 rings (SSSR count). The Kier molecular flexibility index (Phi) is 6.36. The number of fused-ring (bicyclic) bond motifs is 1. The second-order valence-corrected chi connectivity index (χ2v) is 9.38. The third kappa shape index (κ3) is 4.69. The number of aromatic amines is 1. The van der Waals surface area contributed by atoms with Crippen molar-refractivity contribution in [3.63, 3.8) is 0 Å². The van der Waals surface area contributed by atoms with Gasteiger partial charge in [0.2, 0.25) is 0 Å². The van der Waals surface area contributed by atoms with E-state index in [1.807, 2.05) is 43.3 Å². The first-order chi connectivity index (χ1) is 16.9. The van der Waals surface area contributed by atoms with Crippen LogP contribution >= 0.6 is 0 Å². The molecule has 2 aromatic heterocycles. The zero-order valence-corrected chi connectivity index (χ0v) is 20.7. The molecular formula is C26H31N7O2. The summed E-state index contributed by atoms with van der Waals surface area (Å²) in [6.45, 7) is 8.09. The smallest absolute Gasteiger partial charge is 0.253 e. The Hall–Kier alpha value is -3.56. The lowest BCUT2D eigenvalue weighted by molar-refractivity contribution is 0.121. The highest BCUT2D eigenvalue weighted by Gasteiger charge is 2.32. The molecule has 0 saturated carbocycles. The van der Waals surface area contributed by atoms with Crippen molar-refractivity contribution in [1.29, 1.82) is 0 Å². The minimum Gasteiger partial charge on any atom is -0.497 e. The molecule has 0 bridgehead atoms. The largest absolute Gasteiger partial charge is 0.497 e. The van der Waals surface area contributed by atoms with E-state index in [-0.39, 0.29) is 11.6 Å². The molecule has 0 spiro atoms. The second kappa shape index (κ2) is 9.59. The number of hydrogen-bond acceptors (Lipinski definition) is 7. The molecule has 0 amide bonds. The molecule has 0 radical (unpaired) electrons. The molecule has 4 aromatic rings. The molecule has 0 unspecified atom stereocenters. The lowest BCUT2D eigenvalue weighted by atomic mass is 9.99. The third-order valence-corrected chi connectivity index (χ3v) is 6.83. The maximum absolute atomic E-state index is 13.5. The number of benzene rings is 2. The predicted molar refractivity (Wildman–Crippen MR) is 135 cm³/mol. The Balaban J connectivity index is 1.60. The van der Waals surface area contributed by atoms with Crippen LogP contribution in [0.1, 0.15) is 34.1 Å². The van der Waals surface area contributed by atoms with E-state index >= 15 is 0 Å². The molecule has 9 nitrogen and oxygen atoms in total. The molecule has 9 heteroatoms. The van der Waals surface area contributed by atoms with Gasteiger partial charge in [-0.1, -0.05) is 18.2 Å². The summed E-state index contributed by atoms with van der Waals surface area (Å²) >= 11 is 0. The summed E-state index contributed by atoms with van der Waals surface area (Å²) in [5.74, 6) is 1.47. The molecular weight excluding hydrogens is 442 g/mol. The van der Waals surface area contributed by atoms with Crippen LogP contribution in [0.2, 0.25) is 0 Å². The topological polar surface area (TPSA) is 92.2 Å². The van der Waals surface area contributed by atoms with Crippen molar-refractivity contribution in [3.05, 3.63) is 80.9 Å². The average Bonchev–Trinajstić information content (AvgIpc) is 3.29. The number of nitrogens with one attached hydrogen (secondary N) is 1. The molecule has 35 heavy (non-hydrogen) atoms. The number of likely N-dealkylation sites (N-methyl/N-ethyl adjacent to an activating group) is 1. The number of nitrogens with zero attached hydrogens (tertiary/aromatic N) is 6. The summed E-state index contributed by atoms with van der Waals surface area (Å²) in [5.41, 5.74) is 4.72. The second-order valence-electron chi connectivity index (χ2n) is 9.38. The van der Waals surface area contributed by atoms with E-state index in [4.69, 9.17) is 4.74 Å². The number of methoxy groups -OCH3 is 1. The van der Waals surface area contributed by atoms with E-state index in [9.17, 15) is 4.79 Å². The minimum absolute atomic E-state index is 0.106. The zero-order chi connectivity index (χ0) is 24.5. The Morgan fingerprint density at radius 3 is 2.51 bits per heavy atom. The maximum Gasteiger partial charge on any atom is 0.253 e. The van der Waals surface area contributed by atoms with Crippen LogP contribution in [0.3, 0.4) is 0 Å². The van der Waals surface area contributed by atoms with E-state index in [2.05, 4.69) is 50.3 Å². The van der Waals surface area contributed by atoms with E-state index in [0.29, 0.717) is 17.9 Å². The maximum atomic E-state index is 13.5. The van der Waals surface area contributed by atoms with Crippen molar-refractivity contribution >= 4 is 10.9 Å². The SMILES string of the molecule is COc1ccc(Cn2nnnc2[C@@H](c2cc3c(C)cc(C)cc3[nH]c2=O)N2CCN(C)CC2)cc1. The Bertz CT molecular complexity index is 1390. The van der Waals surface area contributed by atoms with Gasteiger partial charge in [-0.15, -0.1) is 5.10 Å². The van der Waals surface area contributed by atoms with Gasteiger partial charge in [-0.2, -0.15) is 0 Å². The minimum atomic E-state index is -0.356. The lowest BCUT2D eigenvalue weighted by Gasteiger charge is -2.37. The molecule has 2 aromatic carbocycles. The fourth-order valence-corrected chi connectivity index (χ4v) is 4.90. The highest BCUT2D eigenvalue weighted by molar-refractivity contribution is 5.83. The van der Waals surface area contributed by atoms with Crippen molar-refractivity contribution < 1.29 is 4.74 Å². The number of ether oxygens (including phenoxy) is 1. The van der Waals surface area contributed by atoms with Gasteiger partial charge in [-0.3, -0.25) is 9.69 Å². The normalized spacial score (nSPS) is 16.0. The summed E-state index contributed by atoms with van der Waals surface area (Å²) in [5, 5.41) is 13.8. The monoisotopic (exact) mass is 473 g/mol. The number of aromatic nitrogens is 5. The van der Waals surface area contributed by atoms with Crippen LogP contribution in [0, 0.1) is 13.8 Å². The molecule has 1 aliphatic rings. The summed E-state index contributed by atoms with van der Waals surface area (Å²) in [6.07, 6.45) is 0. The molecule has 0 aliphatic carbocycles. The molecule has 3 heterocycles. The number of tetrazole rings is 1. The van der Waals surface area contributed by atoms with Gasteiger partial charge < -0.3 is 14.6 Å². The van der Waals surface area contributed by atoms with Crippen LogP contribution in [-0.4, -0.2) is 75.3 Å². The van der Waals surface area contributed by atoms with Gasteiger partial charge in [0.25, 0.3) is 5.56 Å². The zero-order valence-electron chi connectivity index (χ0n) is 20.7. The van der Waals surface area contributed by atoms with Crippen molar-refractivity contribution in [3.8, 4) is 5.75 Å². The van der Waals surface area contributed by atoms with E-state index in [0.717, 1.165) is 59.5 Å². The highest BCUT2D eigenvalue weighted by Crippen LogP contribution is 2.29. The van der Waals surface area contributed by atoms with Gasteiger partial charge >= 0.3 is 0 Å². The predicted octanol–water partition coefficient (Wildman–Crippen LogP) is 2.53. The van der Waals surface area contributed by atoms with Crippen molar-refractivity contribution in [1.82, 2.24) is 35.0 Å². The van der Waals surface area contributed by atoms with Crippen LogP contribution < -0.4 is 10.3 Å². The quantitative estimate of drug-likeness (QED) is 0.460. The van der Waals surface area contributed by atoms with Crippen LogP contribution in [-0.2, 0) is 6.54 Å². The van der Waals surface area contributed by atoms with Gasteiger partial charge in [0, 0.05) is 42.6 Å². The number of hydrogen-bond donors (Lipinski definition) is 1. The third-order valence-electron chi connectivity index (χ3n) is 6.83. The van der Waals surface area contributed by atoms with Crippen LogP contribution in [0.5, 0.6) is 5.75 Å². The van der Waals surface area contributed by atoms with Crippen LogP contribution in [0.25, 0.3) is 10.9 Å². The molecule has 182 valence electrons. The first-order valence-corrected chi connectivity index (χ1v) is 11.9. The number of aryl methyl sites for hydroxylation is 2. The number of pyridine rings is 1. The highest BCUT2D eigenvalue weighted by atomic mass is 16.5. The van der Waals surface area contributed by atoms with Crippen LogP contribution in [0.15, 0.2) is 47.3 Å². The summed E-state index contributed by atoms with van der Waals surface area (Å²) in [4.78, 5) is 21.2. The number of piperazine rings is 1. The molecule has 1 N–H and O–H groups in total. The summed E-state index contributed by atoms with van der Waals surface area (Å²) in [7, 11) is 3.77. The molecule has 1 saturated heterocycles. The van der Waals surface area contributed by atoms with E-state index in [1.54, 1.807) is 11.8 Å². The fourth-order valence-electron chi connectivity index (χ4n) is 4.90. The first-order valence-electron chi connectivity index (χ1n) is 11.9. The first kappa shape index (κ1) is 23.2. The van der Waals surface area contributed by atoms with Gasteiger partial charge in [0.05, 0.1) is 13.7 Å². The molecule has 1 aliphatic heterocycles. The molecule has 1 atom stereocenters. The van der Waals surface area contributed by atoms with Crippen molar-refractivity contribution in [2.75, 3.05) is 40.3 Å². The Morgan fingerprint density at radius 2 is 1.80 bits per heavy atom. The molecule has 1 fully saturated rings. The van der Waals surface area contributed by atoms with Gasteiger partial charge in [0.1, 0.15) is 11.8 Å². The van der Waals surface area contributed by atoms with Gasteiger partial charge in [-0.25, -0.2) is 4.68 Å². The van der Waals surface area contributed by atoms with Crippen LogP contribution in [0.4, 0.5) is 0 Å². The average molecular weight is 474 g/mol. The number of H-pyrrole nitrogens is 1. The van der Waals surface area contributed by atoms with Gasteiger partial charge in [-0.05, 0) is 72.3 Å². The standard InChI is InChI=1S/C26H31N7O2/c1-17-13-18(2)21-15-22(26(34)27-23(21)14-17)24(32-11-9-31(3)10-12-32)25-28-29-30-33(25)16-19-5-7-20(35-4)8-6-19/h5-8,13-15,24H,9-12,16H2,1-4H3,(H,27,34)/t24-/m1/s1.